The molecule has 1 heterocycles. The minimum atomic E-state index is -0.951. The van der Waals surface area contributed by atoms with Crippen molar-refractivity contribution < 1.29 is 9.90 Å². The molecule has 0 unspecified atom stereocenters. The number of nitrogens with two attached hydrogens (primary N) is 1. The SMILES string of the molecule is Nc1nccc2cc(Br)c3cc(C(=O)O)ccc3c12. The summed E-state index contributed by atoms with van der Waals surface area (Å²) in [7, 11) is 0. The number of hydrogen-bond donors (Lipinski definition) is 2. The van der Waals surface area contributed by atoms with Crippen LogP contribution in [0.2, 0.25) is 0 Å². The van der Waals surface area contributed by atoms with Crippen LogP contribution in [0.15, 0.2) is 41.0 Å². The topological polar surface area (TPSA) is 76.2 Å². The second kappa shape index (κ2) is 4.20. The van der Waals surface area contributed by atoms with E-state index in [1.165, 1.54) is 0 Å². The van der Waals surface area contributed by atoms with Crippen molar-refractivity contribution in [2.24, 2.45) is 0 Å². The summed E-state index contributed by atoms with van der Waals surface area (Å²) in [5, 5.41) is 12.6. The minimum absolute atomic E-state index is 0.245. The van der Waals surface area contributed by atoms with E-state index in [0.29, 0.717) is 5.82 Å². The fourth-order valence-electron chi connectivity index (χ4n) is 2.21. The van der Waals surface area contributed by atoms with Gasteiger partial charge < -0.3 is 10.8 Å². The number of pyridine rings is 1. The standard InChI is InChI=1S/C14H9BrN2O2/c15-11-6-7-3-4-17-13(16)12(7)9-2-1-8(14(18)19)5-10(9)11/h1-6H,(H2,16,17)(H,18,19). The van der Waals surface area contributed by atoms with Crippen molar-refractivity contribution in [1.29, 1.82) is 0 Å². The van der Waals surface area contributed by atoms with Crippen LogP contribution in [-0.2, 0) is 0 Å². The minimum Gasteiger partial charge on any atom is -0.478 e. The molecule has 0 radical (unpaired) electrons. The summed E-state index contributed by atoms with van der Waals surface area (Å²) in [4.78, 5) is 15.1. The molecule has 0 atom stereocenters. The first kappa shape index (κ1) is 11.9. The zero-order valence-corrected chi connectivity index (χ0v) is 11.3. The van der Waals surface area contributed by atoms with Gasteiger partial charge in [-0.05, 0) is 40.4 Å². The summed E-state index contributed by atoms with van der Waals surface area (Å²) in [6, 6.07) is 8.77. The van der Waals surface area contributed by atoms with Crippen LogP contribution in [0.1, 0.15) is 10.4 Å². The maximum absolute atomic E-state index is 11.0. The van der Waals surface area contributed by atoms with Gasteiger partial charge in [-0.2, -0.15) is 0 Å². The molecule has 5 heteroatoms. The number of aromatic nitrogens is 1. The second-order valence-corrected chi connectivity index (χ2v) is 5.07. The number of nitrogens with zero attached hydrogens (tertiary/aromatic N) is 1. The van der Waals surface area contributed by atoms with Crippen LogP contribution in [0.5, 0.6) is 0 Å². The fraction of sp³-hybridized carbons (Fsp3) is 0. The van der Waals surface area contributed by atoms with Gasteiger partial charge in [0.2, 0.25) is 0 Å². The summed E-state index contributed by atoms with van der Waals surface area (Å²) >= 11 is 3.47. The Morgan fingerprint density at radius 3 is 2.74 bits per heavy atom. The molecule has 0 saturated heterocycles. The van der Waals surface area contributed by atoms with Gasteiger partial charge in [-0.3, -0.25) is 0 Å². The van der Waals surface area contributed by atoms with E-state index in [1.54, 1.807) is 24.4 Å². The van der Waals surface area contributed by atoms with Crippen LogP contribution in [-0.4, -0.2) is 16.1 Å². The van der Waals surface area contributed by atoms with Gasteiger partial charge in [-0.25, -0.2) is 9.78 Å². The Kier molecular flexibility index (Phi) is 2.64. The number of fused-ring (bicyclic) bond motifs is 3. The number of rotatable bonds is 1. The molecule has 0 bridgehead atoms. The number of nitrogen functional groups attached to an aromatic ring is 1. The van der Waals surface area contributed by atoms with E-state index < -0.39 is 5.97 Å². The Hall–Kier alpha value is -2.14. The van der Waals surface area contributed by atoms with Crippen molar-refractivity contribution in [1.82, 2.24) is 4.98 Å². The van der Waals surface area contributed by atoms with Crippen LogP contribution in [0.3, 0.4) is 0 Å². The summed E-state index contributed by atoms with van der Waals surface area (Å²) in [6.07, 6.45) is 1.65. The van der Waals surface area contributed by atoms with Gasteiger partial charge in [0.25, 0.3) is 0 Å². The van der Waals surface area contributed by atoms with Gasteiger partial charge in [0.1, 0.15) is 5.82 Å². The number of anilines is 1. The first-order valence-electron chi connectivity index (χ1n) is 5.57. The number of halogens is 1. The highest BCUT2D eigenvalue weighted by Crippen LogP contribution is 2.34. The summed E-state index contributed by atoms with van der Waals surface area (Å²) in [6.45, 7) is 0. The Balaban J connectivity index is 2.51. The van der Waals surface area contributed by atoms with E-state index in [4.69, 9.17) is 10.8 Å². The predicted octanol–water partition coefficient (Wildman–Crippen LogP) is 3.43. The van der Waals surface area contributed by atoms with E-state index in [1.807, 2.05) is 12.1 Å². The maximum Gasteiger partial charge on any atom is 0.335 e. The van der Waals surface area contributed by atoms with Gasteiger partial charge in [0.15, 0.2) is 0 Å². The number of aromatic carboxylic acids is 1. The van der Waals surface area contributed by atoms with Crippen molar-refractivity contribution in [3.63, 3.8) is 0 Å². The molecule has 1 aromatic heterocycles. The van der Waals surface area contributed by atoms with E-state index in [2.05, 4.69) is 20.9 Å². The normalized spacial score (nSPS) is 11.0. The molecule has 3 N–H and O–H groups in total. The quantitative estimate of drug-likeness (QED) is 0.674. The molecule has 0 aliphatic carbocycles. The monoisotopic (exact) mass is 316 g/mol. The van der Waals surface area contributed by atoms with Crippen LogP contribution in [0, 0.1) is 0 Å². The van der Waals surface area contributed by atoms with Crippen LogP contribution in [0.4, 0.5) is 5.82 Å². The lowest BCUT2D eigenvalue weighted by atomic mass is 10.0. The third-order valence-electron chi connectivity index (χ3n) is 3.09. The van der Waals surface area contributed by atoms with Crippen molar-refractivity contribution in [2.75, 3.05) is 5.73 Å². The number of carboxylic acid groups (broad SMARTS) is 1. The smallest absolute Gasteiger partial charge is 0.335 e. The zero-order valence-electron chi connectivity index (χ0n) is 9.72. The molecule has 0 saturated carbocycles. The van der Waals surface area contributed by atoms with Crippen LogP contribution < -0.4 is 5.73 Å². The van der Waals surface area contributed by atoms with Gasteiger partial charge >= 0.3 is 5.97 Å². The molecule has 4 nitrogen and oxygen atoms in total. The molecule has 0 amide bonds. The fourth-order valence-corrected chi connectivity index (χ4v) is 2.79. The van der Waals surface area contributed by atoms with E-state index in [9.17, 15) is 4.79 Å². The predicted molar refractivity (Wildman–Crippen MR) is 78.3 cm³/mol. The van der Waals surface area contributed by atoms with E-state index in [-0.39, 0.29) is 5.56 Å². The highest BCUT2D eigenvalue weighted by Gasteiger charge is 2.11. The lowest BCUT2D eigenvalue weighted by Gasteiger charge is -2.09. The van der Waals surface area contributed by atoms with Gasteiger partial charge in [-0.15, -0.1) is 0 Å². The first-order valence-corrected chi connectivity index (χ1v) is 6.37. The van der Waals surface area contributed by atoms with Crippen LogP contribution in [0.25, 0.3) is 21.5 Å². The number of benzene rings is 2. The van der Waals surface area contributed by atoms with E-state index in [0.717, 1.165) is 26.0 Å². The number of hydrogen-bond acceptors (Lipinski definition) is 3. The highest BCUT2D eigenvalue weighted by atomic mass is 79.9. The average Bonchev–Trinajstić information content (AvgIpc) is 2.38. The summed E-state index contributed by atoms with van der Waals surface area (Å²) < 4.78 is 0.837. The highest BCUT2D eigenvalue weighted by molar-refractivity contribution is 9.10. The number of carboxylic acids is 1. The molecule has 0 spiro atoms. The van der Waals surface area contributed by atoms with Crippen LogP contribution >= 0.6 is 15.9 Å². The zero-order chi connectivity index (χ0) is 13.6. The molecule has 19 heavy (non-hydrogen) atoms. The Morgan fingerprint density at radius 2 is 2.00 bits per heavy atom. The third kappa shape index (κ3) is 1.82. The average molecular weight is 317 g/mol. The molecule has 3 rings (SSSR count). The Morgan fingerprint density at radius 1 is 1.21 bits per heavy atom. The third-order valence-corrected chi connectivity index (χ3v) is 3.74. The Labute approximate surface area is 117 Å². The summed E-state index contributed by atoms with van der Waals surface area (Å²) in [5.41, 5.74) is 6.17. The van der Waals surface area contributed by atoms with Crippen molar-refractivity contribution in [3.8, 4) is 0 Å². The van der Waals surface area contributed by atoms with Crippen molar-refractivity contribution >= 4 is 49.3 Å². The largest absolute Gasteiger partial charge is 0.478 e. The Bertz CT molecular complexity index is 830. The summed E-state index contributed by atoms with van der Waals surface area (Å²) in [5.74, 6) is -0.508. The molecule has 3 aromatic rings. The van der Waals surface area contributed by atoms with E-state index >= 15 is 0 Å². The van der Waals surface area contributed by atoms with Gasteiger partial charge in [0.05, 0.1) is 5.56 Å². The molecular formula is C14H9BrN2O2. The second-order valence-electron chi connectivity index (χ2n) is 4.22. The first-order chi connectivity index (χ1) is 9.08. The molecule has 2 aromatic carbocycles. The molecule has 94 valence electrons. The lowest BCUT2D eigenvalue weighted by molar-refractivity contribution is 0.0697. The molecular weight excluding hydrogens is 308 g/mol. The number of carbonyl (C=O) groups is 1. The molecule has 0 aliphatic rings. The van der Waals surface area contributed by atoms with Gasteiger partial charge in [-0.1, -0.05) is 22.0 Å². The maximum atomic E-state index is 11.0. The molecule has 0 aliphatic heterocycles. The van der Waals surface area contributed by atoms with Crippen molar-refractivity contribution in [2.45, 2.75) is 0 Å². The lowest BCUT2D eigenvalue weighted by Crippen LogP contribution is -1.97. The van der Waals surface area contributed by atoms with Crippen molar-refractivity contribution in [3.05, 3.63) is 46.6 Å². The molecule has 0 fully saturated rings. The van der Waals surface area contributed by atoms with Gasteiger partial charge in [0, 0.05) is 16.1 Å².